The average Bonchev–Trinajstić information content (AvgIpc) is 2.73. The topological polar surface area (TPSA) is 39.8 Å². The van der Waals surface area contributed by atoms with E-state index in [0.717, 1.165) is 15.7 Å². The summed E-state index contributed by atoms with van der Waals surface area (Å²) < 4.78 is 4.29. The Hall–Kier alpha value is -1.11. The van der Waals surface area contributed by atoms with Crippen molar-refractivity contribution in [2.45, 2.75) is 20.0 Å². The smallest absolute Gasteiger partial charge is 0.264 e. The molecule has 84 valence electrons. The van der Waals surface area contributed by atoms with E-state index >= 15 is 0 Å². The van der Waals surface area contributed by atoms with Gasteiger partial charge < -0.3 is 4.57 Å². The van der Waals surface area contributed by atoms with Gasteiger partial charge in [-0.2, -0.15) is 5.10 Å². The largest absolute Gasteiger partial charge is 0.310 e. The van der Waals surface area contributed by atoms with Gasteiger partial charge in [0.05, 0.1) is 16.3 Å². The second-order valence-electron chi connectivity index (χ2n) is 3.49. The minimum absolute atomic E-state index is 0.0485. The predicted octanol–water partition coefficient (Wildman–Crippen LogP) is 1.72. The van der Waals surface area contributed by atoms with Crippen LogP contribution in [0.4, 0.5) is 0 Å². The van der Waals surface area contributed by atoms with Crippen LogP contribution in [0.15, 0.2) is 35.5 Å². The van der Waals surface area contributed by atoms with E-state index in [2.05, 4.69) is 27.7 Å². The molecule has 0 saturated heterocycles. The van der Waals surface area contributed by atoms with Crippen molar-refractivity contribution in [1.29, 1.82) is 0 Å². The fraction of sp³-hybridized carbons (Fsp3) is 0.273. The van der Waals surface area contributed by atoms with Gasteiger partial charge in [-0.3, -0.25) is 9.48 Å². The van der Waals surface area contributed by atoms with Crippen LogP contribution in [0, 0.1) is 3.57 Å². The minimum atomic E-state index is 0.0485. The van der Waals surface area contributed by atoms with Gasteiger partial charge in [-0.15, -0.1) is 0 Å². The van der Waals surface area contributed by atoms with E-state index in [4.69, 9.17) is 0 Å². The molecule has 0 aromatic carbocycles. The highest BCUT2D eigenvalue weighted by atomic mass is 127. The third kappa shape index (κ3) is 2.34. The Morgan fingerprint density at radius 1 is 1.50 bits per heavy atom. The Labute approximate surface area is 107 Å². The fourth-order valence-electron chi connectivity index (χ4n) is 1.49. The Morgan fingerprint density at radius 3 is 3.00 bits per heavy atom. The molecule has 4 nitrogen and oxygen atoms in total. The Morgan fingerprint density at radius 2 is 2.31 bits per heavy atom. The van der Waals surface area contributed by atoms with Gasteiger partial charge in [0.25, 0.3) is 5.56 Å². The lowest BCUT2D eigenvalue weighted by Crippen LogP contribution is -2.21. The molecular weight excluding hydrogens is 317 g/mol. The molecule has 0 aliphatic heterocycles. The van der Waals surface area contributed by atoms with Crippen LogP contribution in [0.3, 0.4) is 0 Å². The zero-order valence-electron chi connectivity index (χ0n) is 8.93. The number of hydrogen-bond acceptors (Lipinski definition) is 2. The van der Waals surface area contributed by atoms with E-state index in [0.29, 0.717) is 6.54 Å². The normalized spacial score (nSPS) is 10.6. The molecule has 0 atom stereocenters. The van der Waals surface area contributed by atoms with Crippen LogP contribution in [0.1, 0.15) is 12.5 Å². The Kier molecular flexibility index (Phi) is 3.42. The summed E-state index contributed by atoms with van der Waals surface area (Å²) in [7, 11) is 0. The highest BCUT2D eigenvalue weighted by molar-refractivity contribution is 14.1. The molecule has 0 amide bonds. The number of nitrogens with zero attached hydrogens (tertiary/aromatic N) is 3. The highest BCUT2D eigenvalue weighted by Crippen LogP contribution is 2.02. The van der Waals surface area contributed by atoms with Gasteiger partial charge in [-0.1, -0.05) is 0 Å². The van der Waals surface area contributed by atoms with Crippen molar-refractivity contribution in [3.8, 4) is 0 Å². The molecule has 2 heterocycles. The van der Waals surface area contributed by atoms with Crippen LogP contribution in [0.25, 0.3) is 0 Å². The first kappa shape index (κ1) is 11.4. The second-order valence-corrected chi connectivity index (χ2v) is 4.66. The lowest BCUT2D eigenvalue weighted by molar-refractivity contribution is 0.658. The maximum atomic E-state index is 11.8. The lowest BCUT2D eigenvalue weighted by atomic mass is 10.3. The van der Waals surface area contributed by atoms with Gasteiger partial charge in [0.15, 0.2) is 0 Å². The van der Waals surface area contributed by atoms with Crippen LogP contribution in [-0.2, 0) is 13.1 Å². The second kappa shape index (κ2) is 4.82. The van der Waals surface area contributed by atoms with Crippen LogP contribution in [0.5, 0.6) is 0 Å². The van der Waals surface area contributed by atoms with Crippen molar-refractivity contribution >= 4 is 22.6 Å². The highest BCUT2D eigenvalue weighted by Gasteiger charge is 2.02. The van der Waals surface area contributed by atoms with Gasteiger partial charge >= 0.3 is 0 Å². The van der Waals surface area contributed by atoms with Crippen molar-refractivity contribution in [1.82, 2.24) is 14.3 Å². The number of pyridine rings is 1. The molecule has 2 aromatic heterocycles. The molecule has 0 bridgehead atoms. The molecule has 0 N–H and O–H groups in total. The maximum absolute atomic E-state index is 11.8. The van der Waals surface area contributed by atoms with E-state index in [-0.39, 0.29) is 5.56 Å². The first-order valence-corrected chi connectivity index (χ1v) is 6.15. The van der Waals surface area contributed by atoms with Gasteiger partial charge in [-0.25, -0.2) is 0 Å². The first-order chi connectivity index (χ1) is 7.70. The quantitative estimate of drug-likeness (QED) is 0.805. The van der Waals surface area contributed by atoms with Crippen molar-refractivity contribution in [3.63, 3.8) is 0 Å². The average molecular weight is 329 g/mol. The maximum Gasteiger partial charge on any atom is 0.264 e. The summed E-state index contributed by atoms with van der Waals surface area (Å²) in [4.78, 5) is 11.8. The third-order valence-electron chi connectivity index (χ3n) is 2.34. The molecule has 0 unspecified atom stereocenters. The standard InChI is InChI=1S/C11H12IN3O/c1-2-15-8-9(6-13-15)7-14-5-3-4-10(12)11(14)16/h3-6,8H,2,7H2,1H3. The molecule has 0 fully saturated rings. The number of aromatic nitrogens is 3. The van der Waals surface area contributed by atoms with E-state index in [1.54, 1.807) is 17.0 Å². The number of hydrogen-bond donors (Lipinski definition) is 0. The van der Waals surface area contributed by atoms with Crippen molar-refractivity contribution in [2.24, 2.45) is 0 Å². The zero-order chi connectivity index (χ0) is 11.5. The lowest BCUT2D eigenvalue weighted by Gasteiger charge is -2.03. The van der Waals surface area contributed by atoms with Gasteiger partial charge in [0, 0.05) is 24.5 Å². The summed E-state index contributed by atoms with van der Waals surface area (Å²) in [5.74, 6) is 0. The fourth-order valence-corrected chi connectivity index (χ4v) is 2.01. The van der Waals surface area contributed by atoms with E-state index in [1.807, 2.05) is 29.9 Å². The molecule has 0 radical (unpaired) electrons. The summed E-state index contributed by atoms with van der Waals surface area (Å²) in [5.41, 5.74) is 1.10. The van der Waals surface area contributed by atoms with Gasteiger partial charge in [-0.05, 0) is 41.6 Å². The first-order valence-electron chi connectivity index (χ1n) is 5.07. The van der Waals surface area contributed by atoms with Crippen molar-refractivity contribution < 1.29 is 0 Å². The third-order valence-corrected chi connectivity index (χ3v) is 3.16. The summed E-state index contributed by atoms with van der Waals surface area (Å²) in [6.07, 6.45) is 5.57. The summed E-state index contributed by atoms with van der Waals surface area (Å²) in [5, 5.41) is 4.18. The molecule has 0 aliphatic rings. The monoisotopic (exact) mass is 329 g/mol. The van der Waals surface area contributed by atoms with Gasteiger partial charge in [0.2, 0.25) is 0 Å². The zero-order valence-corrected chi connectivity index (χ0v) is 11.1. The summed E-state index contributed by atoms with van der Waals surface area (Å²) >= 11 is 2.05. The van der Waals surface area contributed by atoms with E-state index in [9.17, 15) is 4.79 Å². The van der Waals surface area contributed by atoms with Crippen LogP contribution >= 0.6 is 22.6 Å². The molecule has 2 rings (SSSR count). The van der Waals surface area contributed by atoms with Crippen LogP contribution < -0.4 is 5.56 Å². The van der Waals surface area contributed by atoms with E-state index in [1.165, 1.54) is 0 Å². The molecule has 2 aromatic rings. The Bertz CT molecular complexity index is 544. The summed E-state index contributed by atoms with van der Waals surface area (Å²) in [6.45, 7) is 3.46. The summed E-state index contributed by atoms with van der Waals surface area (Å²) in [6, 6.07) is 3.70. The molecule has 5 heteroatoms. The number of aryl methyl sites for hydroxylation is 1. The predicted molar refractivity (Wildman–Crippen MR) is 70.4 cm³/mol. The number of rotatable bonds is 3. The molecular formula is C11H12IN3O. The van der Waals surface area contributed by atoms with Crippen LogP contribution in [0.2, 0.25) is 0 Å². The molecule has 0 aliphatic carbocycles. The van der Waals surface area contributed by atoms with Gasteiger partial charge in [0.1, 0.15) is 0 Å². The molecule has 16 heavy (non-hydrogen) atoms. The molecule has 0 saturated carbocycles. The SMILES string of the molecule is CCn1cc(Cn2cccc(I)c2=O)cn1. The molecule has 0 spiro atoms. The van der Waals surface area contributed by atoms with Crippen molar-refractivity contribution in [2.75, 3.05) is 0 Å². The minimum Gasteiger partial charge on any atom is -0.310 e. The van der Waals surface area contributed by atoms with E-state index < -0.39 is 0 Å². The number of halogens is 1. The van der Waals surface area contributed by atoms with Crippen molar-refractivity contribution in [3.05, 3.63) is 50.2 Å². The van der Waals surface area contributed by atoms with Crippen LogP contribution in [-0.4, -0.2) is 14.3 Å². The Balaban J connectivity index is 2.27.